The SMILES string of the molecule is CC(CO)c1ccc(CN2CCOCC2)c(Cl)c1. The van der Waals surface area contributed by atoms with Crippen LogP contribution in [0.25, 0.3) is 0 Å². The molecule has 1 unspecified atom stereocenters. The Labute approximate surface area is 113 Å². The summed E-state index contributed by atoms with van der Waals surface area (Å²) in [6, 6.07) is 6.10. The van der Waals surface area contributed by atoms with E-state index < -0.39 is 0 Å². The van der Waals surface area contributed by atoms with E-state index in [0.29, 0.717) is 0 Å². The highest BCUT2D eigenvalue weighted by molar-refractivity contribution is 6.31. The predicted octanol–water partition coefficient (Wildman–Crippen LogP) is 2.27. The van der Waals surface area contributed by atoms with Crippen molar-refractivity contribution >= 4 is 11.6 Å². The van der Waals surface area contributed by atoms with Crippen molar-refractivity contribution in [3.8, 4) is 0 Å². The molecule has 0 aromatic heterocycles. The van der Waals surface area contributed by atoms with Crippen LogP contribution in [0.4, 0.5) is 0 Å². The molecule has 2 rings (SSSR count). The Hall–Kier alpha value is -0.610. The number of aliphatic hydroxyl groups excluding tert-OH is 1. The first-order valence-corrected chi connectivity index (χ1v) is 6.78. The second-order valence-corrected chi connectivity index (χ2v) is 5.23. The van der Waals surface area contributed by atoms with Crippen molar-refractivity contribution < 1.29 is 9.84 Å². The van der Waals surface area contributed by atoms with Gasteiger partial charge in [0.15, 0.2) is 0 Å². The Morgan fingerprint density at radius 3 is 2.72 bits per heavy atom. The van der Waals surface area contributed by atoms with E-state index in [1.54, 1.807) is 0 Å². The van der Waals surface area contributed by atoms with E-state index in [1.165, 1.54) is 0 Å². The molecule has 1 aliphatic rings. The van der Waals surface area contributed by atoms with Crippen LogP contribution in [-0.4, -0.2) is 42.9 Å². The maximum atomic E-state index is 9.14. The fraction of sp³-hybridized carbons (Fsp3) is 0.571. The Kier molecular flexibility index (Phi) is 5.01. The van der Waals surface area contributed by atoms with Crippen LogP contribution in [0, 0.1) is 0 Å². The van der Waals surface area contributed by atoms with Crippen LogP contribution in [0.1, 0.15) is 24.0 Å². The molecule has 1 aromatic rings. The van der Waals surface area contributed by atoms with Crippen molar-refractivity contribution in [1.29, 1.82) is 0 Å². The normalized spacial score (nSPS) is 18.8. The Bertz CT molecular complexity index is 391. The number of benzene rings is 1. The van der Waals surface area contributed by atoms with Crippen molar-refractivity contribution in [3.05, 3.63) is 34.3 Å². The van der Waals surface area contributed by atoms with Crippen molar-refractivity contribution in [1.82, 2.24) is 4.90 Å². The molecule has 18 heavy (non-hydrogen) atoms. The van der Waals surface area contributed by atoms with Crippen LogP contribution in [0.5, 0.6) is 0 Å². The van der Waals surface area contributed by atoms with Gasteiger partial charge >= 0.3 is 0 Å². The van der Waals surface area contributed by atoms with Crippen molar-refractivity contribution in [2.45, 2.75) is 19.4 Å². The Morgan fingerprint density at radius 2 is 2.11 bits per heavy atom. The monoisotopic (exact) mass is 269 g/mol. The summed E-state index contributed by atoms with van der Waals surface area (Å²) >= 11 is 6.31. The molecule has 1 aromatic carbocycles. The van der Waals surface area contributed by atoms with Crippen molar-refractivity contribution in [2.24, 2.45) is 0 Å². The van der Waals surface area contributed by atoms with Crippen LogP contribution < -0.4 is 0 Å². The minimum absolute atomic E-state index is 0.139. The molecule has 1 atom stereocenters. The summed E-state index contributed by atoms with van der Waals surface area (Å²) in [4.78, 5) is 2.35. The van der Waals surface area contributed by atoms with Crippen LogP contribution in [0.2, 0.25) is 5.02 Å². The molecule has 100 valence electrons. The van der Waals surface area contributed by atoms with Crippen LogP contribution >= 0.6 is 11.6 Å². The van der Waals surface area contributed by atoms with Gasteiger partial charge in [-0.3, -0.25) is 4.90 Å². The number of rotatable bonds is 4. The number of aliphatic hydroxyl groups is 1. The molecule has 0 bridgehead atoms. The third kappa shape index (κ3) is 3.45. The molecule has 0 amide bonds. The predicted molar refractivity (Wildman–Crippen MR) is 73.0 cm³/mol. The number of halogens is 1. The smallest absolute Gasteiger partial charge is 0.0594 e. The van der Waals surface area contributed by atoms with Gasteiger partial charge in [-0.2, -0.15) is 0 Å². The molecule has 1 fully saturated rings. The summed E-state index contributed by atoms with van der Waals surface area (Å²) < 4.78 is 5.33. The summed E-state index contributed by atoms with van der Waals surface area (Å²) in [6.07, 6.45) is 0. The summed E-state index contributed by atoms with van der Waals surface area (Å²) in [5.74, 6) is 0.139. The molecule has 0 saturated carbocycles. The minimum atomic E-state index is 0.139. The Balaban J connectivity index is 2.04. The maximum absolute atomic E-state index is 9.14. The average Bonchev–Trinajstić information content (AvgIpc) is 2.41. The lowest BCUT2D eigenvalue weighted by Gasteiger charge is -2.27. The number of ether oxygens (including phenoxy) is 1. The van der Waals surface area contributed by atoms with Gasteiger partial charge in [0, 0.05) is 37.2 Å². The first-order valence-electron chi connectivity index (χ1n) is 6.40. The van der Waals surface area contributed by atoms with Crippen LogP contribution in [0.15, 0.2) is 18.2 Å². The summed E-state index contributed by atoms with van der Waals surface area (Å²) in [7, 11) is 0. The summed E-state index contributed by atoms with van der Waals surface area (Å²) in [5.41, 5.74) is 2.24. The fourth-order valence-electron chi connectivity index (χ4n) is 2.10. The zero-order valence-corrected chi connectivity index (χ0v) is 11.5. The number of nitrogens with zero attached hydrogens (tertiary/aromatic N) is 1. The molecule has 0 aliphatic carbocycles. The largest absolute Gasteiger partial charge is 0.396 e. The van der Waals surface area contributed by atoms with Crippen LogP contribution in [0.3, 0.4) is 0 Å². The van der Waals surface area contributed by atoms with Gasteiger partial charge in [-0.1, -0.05) is 30.7 Å². The first kappa shape index (κ1) is 13.8. The van der Waals surface area contributed by atoms with E-state index in [-0.39, 0.29) is 12.5 Å². The zero-order valence-electron chi connectivity index (χ0n) is 10.7. The highest BCUT2D eigenvalue weighted by atomic mass is 35.5. The molecule has 1 N–H and O–H groups in total. The lowest BCUT2D eigenvalue weighted by atomic mass is 10.0. The van der Waals surface area contributed by atoms with E-state index in [1.807, 2.05) is 13.0 Å². The molecular weight excluding hydrogens is 250 g/mol. The third-order valence-corrected chi connectivity index (χ3v) is 3.77. The molecule has 1 saturated heterocycles. The standard InChI is InChI=1S/C14H20ClNO2/c1-11(10-17)12-2-3-13(14(15)8-12)9-16-4-6-18-7-5-16/h2-3,8,11,17H,4-7,9-10H2,1H3. The van der Waals surface area contributed by atoms with E-state index >= 15 is 0 Å². The number of hydrogen-bond donors (Lipinski definition) is 1. The van der Waals surface area contributed by atoms with Gasteiger partial charge in [0.1, 0.15) is 0 Å². The maximum Gasteiger partial charge on any atom is 0.0594 e. The molecular formula is C14H20ClNO2. The molecule has 1 heterocycles. The third-order valence-electron chi connectivity index (χ3n) is 3.42. The second kappa shape index (κ2) is 6.53. The van der Waals surface area contributed by atoms with Gasteiger partial charge in [-0.25, -0.2) is 0 Å². The minimum Gasteiger partial charge on any atom is -0.396 e. The van der Waals surface area contributed by atoms with E-state index in [4.69, 9.17) is 21.4 Å². The molecule has 4 heteroatoms. The zero-order chi connectivity index (χ0) is 13.0. The van der Waals surface area contributed by atoms with Gasteiger partial charge in [-0.15, -0.1) is 0 Å². The lowest BCUT2D eigenvalue weighted by molar-refractivity contribution is 0.0342. The van der Waals surface area contributed by atoms with E-state index in [0.717, 1.165) is 49.0 Å². The van der Waals surface area contributed by atoms with E-state index in [2.05, 4.69) is 17.0 Å². The molecule has 3 nitrogen and oxygen atoms in total. The van der Waals surface area contributed by atoms with Gasteiger partial charge in [0.05, 0.1) is 13.2 Å². The summed E-state index contributed by atoms with van der Waals surface area (Å²) in [6.45, 7) is 6.55. The van der Waals surface area contributed by atoms with E-state index in [9.17, 15) is 0 Å². The van der Waals surface area contributed by atoms with Crippen LogP contribution in [-0.2, 0) is 11.3 Å². The number of hydrogen-bond acceptors (Lipinski definition) is 3. The lowest BCUT2D eigenvalue weighted by Crippen LogP contribution is -2.35. The van der Waals surface area contributed by atoms with Gasteiger partial charge in [0.2, 0.25) is 0 Å². The fourth-order valence-corrected chi connectivity index (χ4v) is 2.35. The second-order valence-electron chi connectivity index (χ2n) is 4.82. The summed E-state index contributed by atoms with van der Waals surface area (Å²) in [5, 5.41) is 9.94. The highest BCUT2D eigenvalue weighted by Crippen LogP contribution is 2.24. The average molecular weight is 270 g/mol. The molecule has 1 aliphatic heterocycles. The Morgan fingerprint density at radius 1 is 1.39 bits per heavy atom. The number of morpholine rings is 1. The molecule has 0 radical (unpaired) electrons. The van der Waals surface area contributed by atoms with Gasteiger partial charge in [-0.05, 0) is 17.2 Å². The van der Waals surface area contributed by atoms with Gasteiger partial charge < -0.3 is 9.84 Å². The van der Waals surface area contributed by atoms with Gasteiger partial charge in [0.25, 0.3) is 0 Å². The quantitative estimate of drug-likeness (QED) is 0.910. The first-order chi connectivity index (χ1) is 8.70. The molecule has 0 spiro atoms. The van der Waals surface area contributed by atoms with Crippen molar-refractivity contribution in [3.63, 3.8) is 0 Å². The highest BCUT2D eigenvalue weighted by Gasteiger charge is 2.13. The van der Waals surface area contributed by atoms with Crippen molar-refractivity contribution in [2.75, 3.05) is 32.9 Å². The topological polar surface area (TPSA) is 32.7 Å².